The molecule has 0 bridgehead atoms. The van der Waals surface area contributed by atoms with Crippen LogP contribution in [0.4, 0.5) is 5.69 Å². The number of benzene rings is 4. The molecular weight excluding hydrogens is 566 g/mol. The maximum atomic E-state index is 13.5. The summed E-state index contributed by atoms with van der Waals surface area (Å²) >= 11 is 5.99. The van der Waals surface area contributed by atoms with E-state index in [0.29, 0.717) is 34.4 Å². The molecule has 4 rings (SSSR count). The molecule has 0 spiro atoms. The maximum absolute atomic E-state index is 13.5. The molecule has 0 aromatic heterocycles. The topological polar surface area (TPSA) is 107 Å². The highest BCUT2D eigenvalue weighted by Crippen LogP contribution is 2.29. The Balaban J connectivity index is 1.46. The Morgan fingerprint density at radius 3 is 2.27 bits per heavy atom. The third-order valence-corrected chi connectivity index (χ3v) is 7.92. The van der Waals surface area contributed by atoms with Crippen LogP contribution >= 0.6 is 11.6 Å². The van der Waals surface area contributed by atoms with Gasteiger partial charge in [-0.25, -0.2) is 13.8 Å². The number of hydrogen-bond donors (Lipinski definition) is 1. The zero-order valence-electron chi connectivity index (χ0n) is 22.4. The second-order valence-corrected chi connectivity index (χ2v) is 10.9. The number of carbonyl (C=O) groups is 1. The van der Waals surface area contributed by atoms with Crippen molar-refractivity contribution in [3.63, 3.8) is 0 Å². The van der Waals surface area contributed by atoms with E-state index in [0.717, 1.165) is 9.87 Å². The normalized spacial score (nSPS) is 11.2. The van der Waals surface area contributed by atoms with Gasteiger partial charge in [0.1, 0.15) is 18.9 Å². The summed E-state index contributed by atoms with van der Waals surface area (Å²) in [5.41, 5.74) is 4.31. The van der Waals surface area contributed by atoms with Crippen LogP contribution in [0.25, 0.3) is 0 Å². The quantitative estimate of drug-likeness (QED) is 0.177. The van der Waals surface area contributed by atoms with E-state index in [9.17, 15) is 13.2 Å². The monoisotopic (exact) mass is 593 g/mol. The number of nitrogens with one attached hydrogen (secondary N) is 1. The van der Waals surface area contributed by atoms with Gasteiger partial charge in [0.2, 0.25) is 0 Å². The van der Waals surface area contributed by atoms with Gasteiger partial charge in [-0.2, -0.15) is 5.10 Å². The lowest BCUT2D eigenvalue weighted by Crippen LogP contribution is -2.39. The largest absolute Gasteiger partial charge is 0.497 e. The number of ether oxygens (including phenoxy) is 3. The molecule has 1 N–H and O–H groups in total. The number of hydrazone groups is 1. The third kappa shape index (κ3) is 7.77. The van der Waals surface area contributed by atoms with Gasteiger partial charge in [-0.3, -0.25) is 9.10 Å². The molecule has 0 radical (unpaired) electrons. The molecule has 0 saturated carbocycles. The molecule has 4 aromatic carbocycles. The van der Waals surface area contributed by atoms with Gasteiger partial charge in [-0.05, 0) is 77.9 Å². The highest BCUT2D eigenvalue weighted by molar-refractivity contribution is 7.92. The van der Waals surface area contributed by atoms with Gasteiger partial charge >= 0.3 is 0 Å². The predicted molar refractivity (Wildman–Crippen MR) is 158 cm³/mol. The average molecular weight is 594 g/mol. The van der Waals surface area contributed by atoms with E-state index in [1.54, 1.807) is 30.3 Å². The molecule has 0 aliphatic heterocycles. The zero-order valence-corrected chi connectivity index (χ0v) is 23.9. The van der Waals surface area contributed by atoms with Crippen LogP contribution in [-0.2, 0) is 21.4 Å². The summed E-state index contributed by atoms with van der Waals surface area (Å²) in [5.74, 6) is 0.903. The minimum atomic E-state index is -4.11. The number of amides is 1. The van der Waals surface area contributed by atoms with Crippen LogP contribution in [0.2, 0.25) is 5.02 Å². The number of methoxy groups -OCH3 is 2. The van der Waals surface area contributed by atoms with E-state index in [4.69, 9.17) is 25.8 Å². The van der Waals surface area contributed by atoms with E-state index in [2.05, 4.69) is 10.5 Å². The summed E-state index contributed by atoms with van der Waals surface area (Å²) in [6.45, 7) is -0.146. The van der Waals surface area contributed by atoms with Crippen molar-refractivity contribution in [2.75, 3.05) is 25.1 Å². The third-order valence-electron chi connectivity index (χ3n) is 5.88. The first-order valence-electron chi connectivity index (χ1n) is 12.4. The van der Waals surface area contributed by atoms with E-state index < -0.39 is 22.5 Å². The molecule has 0 aliphatic carbocycles. The van der Waals surface area contributed by atoms with Gasteiger partial charge in [0.15, 0.2) is 11.5 Å². The van der Waals surface area contributed by atoms with Crippen molar-refractivity contribution in [2.24, 2.45) is 5.10 Å². The molecule has 11 heteroatoms. The number of sulfonamides is 1. The Morgan fingerprint density at radius 1 is 0.902 bits per heavy atom. The van der Waals surface area contributed by atoms with Crippen molar-refractivity contribution in [3.05, 3.63) is 113 Å². The van der Waals surface area contributed by atoms with Crippen LogP contribution in [0.3, 0.4) is 0 Å². The molecule has 0 heterocycles. The SMILES string of the molecule is COc1ccc(S(=O)(=O)N(CC(=O)N/N=C\c2ccc(OCc3ccccc3)c(OC)c2)c2ccc(Cl)cc2)cc1. The Morgan fingerprint density at radius 2 is 1.61 bits per heavy atom. The zero-order chi connectivity index (χ0) is 29.2. The molecule has 0 unspecified atom stereocenters. The van der Waals surface area contributed by atoms with E-state index in [1.807, 2.05) is 30.3 Å². The minimum absolute atomic E-state index is 0.00813. The van der Waals surface area contributed by atoms with E-state index >= 15 is 0 Å². The Kier molecular flexibility index (Phi) is 9.83. The fourth-order valence-corrected chi connectivity index (χ4v) is 5.31. The lowest BCUT2D eigenvalue weighted by Gasteiger charge is -2.23. The number of nitrogens with zero attached hydrogens (tertiary/aromatic N) is 2. The van der Waals surface area contributed by atoms with Crippen LogP contribution < -0.4 is 23.9 Å². The summed E-state index contributed by atoms with van der Waals surface area (Å²) in [5, 5.41) is 4.43. The molecular formula is C30H28ClN3O6S. The summed E-state index contributed by atoms with van der Waals surface area (Å²) in [7, 11) is -1.10. The number of hydrogen-bond acceptors (Lipinski definition) is 7. The molecule has 0 aliphatic rings. The highest BCUT2D eigenvalue weighted by atomic mass is 35.5. The van der Waals surface area contributed by atoms with Crippen molar-refractivity contribution >= 4 is 39.4 Å². The van der Waals surface area contributed by atoms with Crippen LogP contribution in [0, 0.1) is 0 Å². The minimum Gasteiger partial charge on any atom is -0.497 e. The van der Waals surface area contributed by atoms with E-state index in [-0.39, 0.29) is 10.6 Å². The first-order valence-corrected chi connectivity index (χ1v) is 14.2. The molecule has 41 heavy (non-hydrogen) atoms. The Labute approximate surface area is 244 Å². The fourth-order valence-electron chi connectivity index (χ4n) is 3.76. The van der Waals surface area contributed by atoms with Gasteiger partial charge in [-0.1, -0.05) is 41.9 Å². The number of rotatable bonds is 12. The van der Waals surface area contributed by atoms with Crippen LogP contribution in [0.1, 0.15) is 11.1 Å². The van der Waals surface area contributed by atoms with Crippen LogP contribution in [-0.4, -0.2) is 41.3 Å². The van der Waals surface area contributed by atoms with Gasteiger partial charge in [0.05, 0.1) is 31.0 Å². The fraction of sp³-hybridized carbons (Fsp3) is 0.133. The molecule has 212 valence electrons. The number of anilines is 1. The van der Waals surface area contributed by atoms with Crippen molar-refractivity contribution in [2.45, 2.75) is 11.5 Å². The van der Waals surface area contributed by atoms with Crippen molar-refractivity contribution < 1.29 is 27.4 Å². The van der Waals surface area contributed by atoms with Gasteiger partial charge < -0.3 is 14.2 Å². The molecule has 0 fully saturated rings. The van der Waals surface area contributed by atoms with Crippen molar-refractivity contribution in [3.8, 4) is 17.2 Å². The summed E-state index contributed by atoms with van der Waals surface area (Å²) in [6, 6.07) is 27.0. The lowest BCUT2D eigenvalue weighted by molar-refractivity contribution is -0.119. The number of carbonyl (C=O) groups excluding carboxylic acids is 1. The molecule has 0 atom stereocenters. The highest BCUT2D eigenvalue weighted by Gasteiger charge is 2.27. The maximum Gasteiger partial charge on any atom is 0.264 e. The molecule has 0 saturated heterocycles. The number of halogens is 1. The second-order valence-electron chi connectivity index (χ2n) is 8.64. The first kappa shape index (κ1) is 29.4. The van der Waals surface area contributed by atoms with Crippen molar-refractivity contribution in [1.29, 1.82) is 0 Å². The van der Waals surface area contributed by atoms with Gasteiger partial charge in [0, 0.05) is 5.02 Å². The lowest BCUT2D eigenvalue weighted by atomic mass is 10.2. The summed E-state index contributed by atoms with van der Waals surface area (Å²) in [4.78, 5) is 12.8. The van der Waals surface area contributed by atoms with E-state index in [1.165, 1.54) is 56.8 Å². The summed E-state index contributed by atoms with van der Waals surface area (Å²) < 4.78 is 44.4. The molecule has 4 aromatic rings. The Bertz CT molecular complexity index is 1600. The average Bonchev–Trinajstić information content (AvgIpc) is 3.00. The molecule has 9 nitrogen and oxygen atoms in total. The van der Waals surface area contributed by atoms with Crippen LogP contribution in [0.5, 0.6) is 17.2 Å². The first-order chi connectivity index (χ1) is 19.8. The predicted octanol–water partition coefficient (Wildman–Crippen LogP) is 5.28. The van der Waals surface area contributed by atoms with Crippen molar-refractivity contribution in [1.82, 2.24) is 5.43 Å². The standard InChI is InChI=1S/C30H28ClN3O6S/c1-38-26-13-15-27(16-14-26)41(36,37)34(25-11-9-24(31)10-12-25)20-30(35)33-32-19-23-8-17-28(29(18-23)39-2)40-21-22-6-4-3-5-7-22/h3-19H,20-21H2,1-2H3,(H,33,35)/b32-19-. The van der Waals surface area contributed by atoms with Gasteiger partial charge in [-0.15, -0.1) is 0 Å². The van der Waals surface area contributed by atoms with Gasteiger partial charge in [0.25, 0.3) is 15.9 Å². The second kappa shape index (κ2) is 13.7. The Hall–Kier alpha value is -4.54. The smallest absolute Gasteiger partial charge is 0.264 e. The van der Waals surface area contributed by atoms with Crippen LogP contribution in [0.15, 0.2) is 107 Å². The molecule has 1 amide bonds. The summed E-state index contributed by atoms with van der Waals surface area (Å²) in [6.07, 6.45) is 1.42.